The first-order valence-electron chi connectivity index (χ1n) is 8.71. The van der Waals surface area contributed by atoms with Gasteiger partial charge in [0.05, 0.1) is 11.8 Å². The molecule has 0 aromatic carbocycles. The summed E-state index contributed by atoms with van der Waals surface area (Å²) in [6.07, 6.45) is -4.06. The lowest BCUT2D eigenvalue weighted by Gasteiger charge is -2.13. The van der Waals surface area contributed by atoms with E-state index in [1.807, 2.05) is 0 Å². The van der Waals surface area contributed by atoms with Crippen LogP contribution in [0.3, 0.4) is 0 Å². The molecule has 0 radical (unpaired) electrons. The van der Waals surface area contributed by atoms with Crippen molar-refractivity contribution in [2.45, 2.75) is 39.0 Å². The van der Waals surface area contributed by atoms with Crippen molar-refractivity contribution in [2.75, 3.05) is 0 Å². The number of ether oxygens (including phenoxy) is 1. The van der Waals surface area contributed by atoms with E-state index in [0.717, 1.165) is 14.7 Å². The second kappa shape index (κ2) is 9.52. The molecule has 3 aromatic heterocycles. The summed E-state index contributed by atoms with van der Waals surface area (Å²) in [5.41, 5.74) is -0.721. The van der Waals surface area contributed by atoms with Crippen LogP contribution in [0.4, 0.5) is 18.0 Å². The molecule has 0 aliphatic carbocycles. The highest BCUT2D eigenvalue weighted by molar-refractivity contribution is 7.20. The highest BCUT2D eigenvalue weighted by Crippen LogP contribution is 2.35. The number of aromatic nitrogens is 3. The van der Waals surface area contributed by atoms with Crippen molar-refractivity contribution in [1.29, 1.82) is 0 Å². The fourth-order valence-corrected chi connectivity index (χ4v) is 4.14. The standard InChI is InChI=1S/C18H16F3N3O5S.ClH/c1-10-12-13(25)23(7-4-11-3-2-6-22-9-11)16(26)24(8-5-18(19,20)21)14(12)30-15(10)29-17(27)28;/h2-3,6,9H,4-5,7-8H2,1H3,(H,27,28);1H. The van der Waals surface area contributed by atoms with Crippen LogP contribution < -0.4 is 16.0 Å². The first-order chi connectivity index (χ1) is 14.1. The summed E-state index contributed by atoms with van der Waals surface area (Å²) in [5.74, 6) is 0. The largest absolute Gasteiger partial charge is 0.512 e. The summed E-state index contributed by atoms with van der Waals surface area (Å²) >= 11 is 0.650. The van der Waals surface area contributed by atoms with E-state index in [0.29, 0.717) is 11.3 Å². The molecule has 1 N–H and O–H groups in total. The zero-order chi connectivity index (χ0) is 22.1. The van der Waals surface area contributed by atoms with Gasteiger partial charge >= 0.3 is 18.0 Å². The van der Waals surface area contributed by atoms with Crippen molar-refractivity contribution < 1.29 is 27.8 Å². The molecule has 3 rings (SSSR count). The number of fused-ring (bicyclic) bond motifs is 1. The molecule has 0 unspecified atom stereocenters. The Morgan fingerprint density at radius 3 is 2.55 bits per heavy atom. The van der Waals surface area contributed by atoms with Gasteiger partial charge in [-0.2, -0.15) is 13.2 Å². The Hall–Kier alpha value is -2.86. The minimum Gasteiger partial charge on any atom is -0.449 e. The molecule has 3 aromatic rings. The number of aryl methyl sites for hydroxylation is 3. The number of hydrogen-bond acceptors (Lipinski definition) is 6. The molecule has 0 saturated carbocycles. The number of rotatable bonds is 6. The molecular weight excluding hydrogens is 463 g/mol. The Morgan fingerprint density at radius 2 is 1.97 bits per heavy atom. The van der Waals surface area contributed by atoms with Crippen LogP contribution in [0.25, 0.3) is 10.2 Å². The van der Waals surface area contributed by atoms with Crippen LogP contribution in [-0.2, 0) is 19.5 Å². The van der Waals surface area contributed by atoms with Crippen LogP contribution in [0.5, 0.6) is 5.06 Å². The molecule has 0 bridgehead atoms. The Morgan fingerprint density at radius 1 is 1.26 bits per heavy atom. The number of carboxylic acid groups (broad SMARTS) is 1. The third kappa shape index (κ3) is 5.44. The van der Waals surface area contributed by atoms with Gasteiger partial charge in [0.1, 0.15) is 4.83 Å². The van der Waals surface area contributed by atoms with Crippen LogP contribution >= 0.6 is 23.7 Å². The average molecular weight is 480 g/mol. The number of nitrogens with zero attached hydrogens (tertiary/aromatic N) is 3. The number of alkyl halides is 3. The van der Waals surface area contributed by atoms with Crippen LogP contribution in [0.1, 0.15) is 17.5 Å². The van der Waals surface area contributed by atoms with E-state index in [4.69, 9.17) is 5.11 Å². The van der Waals surface area contributed by atoms with Crippen molar-refractivity contribution in [1.82, 2.24) is 14.1 Å². The maximum absolute atomic E-state index is 13.0. The maximum atomic E-state index is 13.0. The van der Waals surface area contributed by atoms with Crippen LogP contribution in [0, 0.1) is 6.92 Å². The molecule has 0 fully saturated rings. The first-order valence-corrected chi connectivity index (χ1v) is 9.53. The minimum atomic E-state index is -4.52. The molecular formula is C18H17ClF3N3O5S. The normalized spacial score (nSPS) is 11.4. The second-order valence-electron chi connectivity index (χ2n) is 6.43. The van der Waals surface area contributed by atoms with Gasteiger partial charge in [0.25, 0.3) is 5.56 Å². The average Bonchev–Trinajstić information content (AvgIpc) is 2.97. The molecule has 0 saturated heterocycles. The van der Waals surface area contributed by atoms with Gasteiger partial charge in [-0.3, -0.25) is 18.9 Å². The van der Waals surface area contributed by atoms with Crippen LogP contribution in [0.2, 0.25) is 0 Å². The fraction of sp³-hybridized carbons (Fsp3) is 0.333. The van der Waals surface area contributed by atoms with Gasteiger partial charge in [0.2, 0.25) is 0 Å². The van der Waals surface area contributed by atoms with Crippen molar-refractivity contribution >= 4 is 40.1 Å². The van der Waals surface area contributed by atoms with Gasteiger partial charge < -0.3 is 9.84 Å². The van der Waals surface area contributed by atoms with Crippen molar-refractivity contribution in [3.63, 3.8) is 0 Å². The summed E-state index contributed by atoms with van der Waals surface area (Å²) in [7, 11) is 0. The number of hydrogen-bond donors (Lipinski definition) is 1. The summed E-state index contributed by atoms with van der Waals surface area (Å²) in [5, 5.41) is 8.66. The van der Waals surface area contributed by atoms with Gasteiger partial charge in [-0.25, -0.2) is 9.59 Å². The highest BCUT2D eigenvalue weighted by Gasteiger charge is 2.29. The van der Waals surface area contributed by atoms with E-state index in [1.54, 1.807) is 24.5 Å². The Bertz CT molecular complexity index is 1200. The van der Waals surface area contributed by atoms with Gasteiger partial charge in [0.15, 0.2) is 5.06 Å². The quantitative estimate of drug-likeness (QED) is 0.542. The van der Waals surface area contributed by atoms with Crippen molar-refractivity contribution in [2.24, 2.45) is 0 Å². The summed E-state index contributed by atoms with van der Waals surface area (Å²) < 4.78 is 44.7. The van der Waals surface area contributed by atoms with E-state index >= 15 is 0 Å². The first kappa shape index (κ1) is 24.4. The lowest BCUT2D eigenvalue weighted by Crippen LogP contribution is -2.40. The fourth-order valence-electron chi connectivity index (χ4n) is 2.97. The smallest absolute Gasteiger partial charge is 0.449 e. The molecule has 8 nitrogen and oxygen atoms in total. The molecule has 0 spiro atoms. The number of pyridine rings is 1. The molecule has 0 aliphatic heterocycles. The van der Waals surface area contributed by atoms with Gasteiger partial charge in [-0.1, -0.05) is 17.4 Å². The van der Waals surface area contributed by atoms with Crippen molar-refractivity contribution in [3.05, 3.63) is 56.5 Å². The number of halogens is 4. The SMILES string of the molecule is Cc1c(OC(=O)O)sc2c1c(=O)n(CCc1cccnc1)c(=O)n2CCC(F)(F)F.Cl. The zero-order valence-corrected chi connectivity index (χ0v) is 17.6. The third-order valence-corrected chi connectivity index (χ3v) is 5.59. The van der Waals surface area contributed by atoms with E-state index in [-0.39, 0.29) is 46.2 Å². The van der Waals surface area contributed by atoms with Crippen LogP contribution in [-0.4, -0.2) is 31.6 Å². The predicted molar refractivity (Wildman–Crippen MR) is 110 cm³/mol. The number of carbonyl (C=O) groups is 1. The molecule has 31 heavy (non-hydrogen) atoms. The third-order valence-electron chi connectivity index (χ3n) is 4.40. The highest BCUT2D eigenvalue weighted by atomic mass is 35.5. The monoisotopic (exact) mass is 479 g/mol. The van der Waals surface area contributed by atoms with E-state index in [1.165, 1.54) is 6.92 Å². The summed E-state index contributed by atoms with van der Waals surface area (Å²) in [6, 6.07) is 3.43. The molecule has 0 atom stereocenters. The molecule has 3 heterocycles. The lowest BCUT2D eigenvalue weighted by atomic mass is 10.2. The van der Waals surface area contributed by atoms with Crippen LogP contribution in [0.15, 0.2) is 34.1 Å². The van der Waals surface area contributed by atoms with Gasteiger partial charge in [0, 0.05) is 31.0 Å². The van der Waals surface area contributed by atoms with Gasteiger partial charge in [-0.05, 0) is 25.0 Å². The Balaban J connectivity index is 0.00000341. The van der Waals surface area contributed by atoms with E-state index in [9.17, 15) is 27.6 Å². The van der Waals surface area contributed by atoms with E-state index in [2.05, 4.69) is 9.72 Å². The Labute approximate surface area is 182 Å². The molecule has 0 aliphatic rings. The lowest BCUT2D eigenvalue weighted by molar-refractivity contribution is -0.136. The predicted octanol–water partition coefficient (Wildman–Crippen LogP) is 3.60. The summed E-state index contributed by atoms with van der Waals surface area (Å²) in [6.45, 7) is 0.636. The van der Waals surface area contributed by atoms with Gasteiger partial charge in [-0.15, -0.1) is 12.4 Å². The maximum Gasteiger partial charge on any atom is 0.512 e. The zero-order valence-electron chi connectivity index (χ0n) is 16.0. The second-order valence-corrected chi connectivity index (χ2v) is 7.39. The molecule has 168 valence electrons. The molecule has 0 amide bonds. The van der Waals surface area contributed by atoms with Crippen molar-refractivity contribution in [3.8, 4) is 5.06 Å². The topological polar surface area (TPSA) is 103 Å². The van der Waals surface area contributed by atoms with E-state index < -0.39 is 36.5 Å². The molecule has 13 heteroatoms. The minimum absolute atomic E-state index is 0. The summed E-state index contributed by atoms with van der Waals surface area (Å²) in [4.78, 5) is 40.6. The Kier molecular flexibility index (Phi) is 7.49. The number of thiophene rings is 1.